The van der Waals surface area contributed by atoms with Gasteiger partial charge in [-0.05, 0) is 12.1 Å². The molecule has 0 atom stereocenters. The van der Waals surface area contributed by atoms with Gasteiger partial charge in [-0.1, -0.05) is 5.82 Å². The molecule has 1 heterocycles. The number of aromatic carboxylic acids is 1. The van der Waals surface area contributed by atoms with E-state index in [9.17, 15) is 9.59 Å². The van der Waals surface area contributed by atoms with Gasteiger partial charge in [0.2, 0.25) is 0 Å². The Bertz CT molecular complexity index is 353. The molecule has 0 unspecified atom stereocenters. The van der Waals surface area contributed by atoms with Gasteiger partial charge in [0.15, 0.2) is 5.43 Å². The van der Waals surface area contributed by atoms with E-state index in [1.807, 2.05) is 0 Å². The summed E-state index contributed by atoms with van der Waals surface area (Å²) < 4.78 is 0. The molecular weight excluding hydrogens is 611 g/mol. The SMILES string of the molecule is [CH3-].[NH-]c1cc(=O)cc(C(=O)O)[nH]1.[Rf].[W+2]. The van der Waals surface area contributed by atoms with Crippen molar-refractivity contribution in [1.29, 1.82) is 0 Å². The molecular formula is C7H8N2O3RfW. The minimum absolute atomic E-state index is 0. The van der Waals surface area contributed by atoms with Crippen LogP contribution in [-0.2, 0) is 21.1 Å². The number of H-pyrrole nitrogens is 1. The van der Waals surface area contributed by atoms with E-state index in [1.54, 1.807) is 0 Å². The summed E-state index contributed by atoms with van der Waals surface area (Å²) in [5, 5.41) is 8.38. The predicted octanol–water partition coefficient (Wildman–Crippen LogP) is 1.20. The number of carboxylic acids is 1. The molecule has 0 amide bonds. The number of rotatable bonds is 1. The average molecular weight is 619 g/mol. The first kappa shape index (κ1) is 17.9. The number of hydrogen-bond donors (Lipinski definition) is 2. The fraction of sp³-hybridized carbons (Fsp3) is 0. The van der Waals surface area contributed by atoms with Crippen LogP contribution >= 0.6 is 0 Å². The third-order valence-electron chi connectivity index (χ3n) is 1.07. The Balaban J connectivity index is -0.000000403. The number of pyridine rings is 1. The van der Waals surface area contributed by atoms with E-state index >= 15 is 0 Å². The maximum atomic E-state index is 10.6. The number of aromatic nitrogens is 1. The molecule has 14 heavy (non-hydrogen) atoms. The molecule has 1 aromatic heterocycles. The smallest absolute Gasteiger partial charge is 0.482 e. The molecule has 0 fully saturated rings. The summed E-state index contributed by atoms with van der Waals surface area (Å²) in [5.41, 5.74) is 6.21. The van der Waals surface area contributed by atoms with E-state index in [1.165, 1.54) is 0 Å². The van der Waals surface area contributed by atoms with Crippen molar-refractivity contribution >= 4 is 11.8 Å². The van der Waals surface area contributed by atoms with Gasteiger partial charge in [-0.3, -0.25) is 4.79 Å². The Morgan fingerprint density at radius 2 is 1.93 bits per heavy atom. The van der Waals surface area contributed by atoms with Gasteiger partial charge in [0.1, 0.15) is 0 Å². The first-order valence-corrected chi connectivity index (χ1v) is 2.79. The van der Waals surface area contributed by atoms with E-state index in [2.05, 4.69) is 4.98 Å². The van der Waals surface area contributed by atoms with Gasteiger partial charge in [-0.15, -0.1) is 0 Å². The Morgan fingerprint density at radius 3 is 2.29 bits per heavy atom. The maximum absolute atomic E-state index is 10.6. The standard InChI is InChI=1S/C6H6N2O3.CH3.Rf.W/c7-5-2-3(9)1-4(8-5)6(10)11;;;/h1-2H,(H4,7,8,9,10,11);1H3;;/q;-1;;+2/p-1. The van der Waals surface area contributed by atoms with E-state index in [-0.39, 0.29) is 40.0 Å². The minimum atomic E-state index is -1.24. The van der Waals surface area contributed by atoms with Crippen LogP contribution in [0.2, 0.25) is 0 Å². The number of carboxylic acid groups (broad SMARTS) is 1. The molecule has 0 aromatic carbocycles. The summed E-state index contributed by atoms with van der Waals surface area (Å²) in [6.07, 6.45) is 0. The van der Waals surface area contributed by atoms with Crippen molar-refractivity contribution in [2.45, 2.75) is 0 Å². The van der Waals surface area contributed by atoms with Gasteiger partial charge in [-0.25, -0.2) is 4.79 Å². The monoisotopic (exact) mass is 619 g/mol. The molecule has 0 aliphatic rings. The van der Waals surface area contributed by atoms with Gasteiger partial charge < -0.3 is 23.3 Å². The van der Waals surface area contributed by atoms with Gasteiger partial charge >= 0.3 is 27.0 Å². The summed E-state index contributed by atoms with van der Waals surface area (Å²) in [6, 6.07) is 1.94. The second-order valence-electron chi connectivity index (χ2n) is 1.95. The van der Waals surface area contributed by atoms with Crippen LogP contribution in [0.5, 0.6) is 0 Å². The normalized spacial score (nSPS) is 7.43. The molecule has 1 aromatic rings. The molecule has 72 valence electrons. The van der Waals surface area contributed by atoms with Crippen LogP contribution in [0.4, 0.5) is 5.82 Å². The van der Waals surface area contributed by atoms with Crippen LogP contribution in [-0.4, -0.2) is 16.1 Å². The molecule has 0 aliphatic carbocycles. The zero-order chi connectivity index (χ0) is 8.43. The van der Waals surface area contributed by atoms with Crippen LogP contribution in [0.1, 0.15) is 10.5 Å². The van der Waals surface area contributed by atoms with Crippen molar-refractivity contribution in [3.63, 3.8) is 0 Å². The van der Waals surface area contributed by atoms with Crippen molar-refractivity contribution in [2.75, 3.05) is 0 Å². The first-order chi connectivity index (χ1) is 5.09. The van der Waals surface area contributed by atoms with Gasteiger partial charge in [-0.2, -0.15) is 0 Å². The van der Waals surface area contributed by atoms with Crippen LogP contribution in [0.3, 0.4) is 0 Å². The molecule has 0 spiro atoms. The molecule has 0 saturated heterocycles. The van der Waals surface area contributed by atoms with Gasteiger partial charge in [0.05, 0.1) is 0 Å². The van der Waals surface area contributed by atoms with E-state index < -0.39 is 11.4 Å². The largest absolute Gasteiger partial charge is 2.00 e. The topological polar surface area (TPSA) is 94.0 Å². The molecule has 5 nitrogen and oxygen atoms in total. The van der Waals surface area contributed by atoms with Gasteiger partial charge in [0, 0.05) is 5.69 Å². The summed E-state index contributed by atoms with van der Waals surface area (Å²) in [5.74, 6) is -1.44. The summed E-state index contributed by atoms with van der Waals surface area (Å²) in [7, 11) is 0. The van der Waals surface area contributed by atoms with Crippen molar-refractivity contribution in [3.8, 4) is 0 Å². The quantitative estimate of drug-likeness (QED) is 0.464. The fourth-order valence-electron chi connectivity index (χ4n) is 0.659. The molecule has 0 radical (unpaired) electrons. The number of carbonyl (C=O) groups is 1. The first-order valence-electron chi connectivity index (χ1n) is 2.79. The minimum Gasteiger partial charge on any atom is -0.482 e. The molecule has 0 saturated carbocycles. The molecule has 1 rings (SSSR count). The summed E-state index contributed by atoms with van der Waals surface area (Å²) in [4.78, 5) is 23.1. The summed E-state index contributed by atoms with van der Waals surface area (Å²) >= 11 is 0. The molecule has 0 aliphatic heterocycles. The molecule has 3 N–H and O–H groups in total. The Hall–Kier alpha value is -2.09. The zero-order valence-corrected chi connectivity index (χ0v) is 16.9. The average Bonchev–Trinajstić information content (AvgIpc) is 1.85. The second kappa shape index (κ2) is 6.43. The Morgan fingerprint density at radius 1 is 1.43 bits per heavy atom. The van der Waals surface area contributed by atoms with Crippen LogP contribution in [0.25, 0.3) is 5.73 Å². The van der Waals surface area contributed by atoms with E-state index in [0.29, 0.717) is 0 Å². The fourth-order valence-corrected chi connectivity index (χ4v) is 0.659. The predicted molar refractivity (Wildman–Crippen MR) is 44.4 cm³/mol. The van der Waals surface area contributed by atoms with Crippen molar-refractivity contribution in [1.82, 2.24) is 4.98 Å². The Kier molecular flexibility index (Phi) is 8.20. The van der Waals surface area contributed by atoms with Crippen molar-refractivity contribution in [3.05, 3.63) is 41.2 Å². The number of aromatic amines is 1. The Labute approximate surface area is 89.2 Å². The van der Waals surface area contributed by atoms with E-state index in [4.69, 9.17) is 10.8 Å². The third-order valence-corrected chi connectivity index (χ3v) is 1.07. The van der Waals surface area contributed by atoms with Crippen LogP contribution < -0.4 is 5.43 Å². The third kappa shape index (κ3) is 4.06. The van der Waals surface area contributed by atoms with E-state index in [0.717, 1.165) is 12.1 Å². The maximum Gasteiger partial charge on any atom is 2.00 e. The van der Waals surface area contributed by atoms with Crippen molar-refractivity contribution in [2.24, 2.45) is 0 Å². The van der Waals surface area contributed by atoms with Crippen molar-refractivity contribution < 1.29 is 31.0 Å². The van der Waals surface area contributed by atoms with Crippen LogP contribution in [0.15, 0.2) is 16.9 Å². The van der Waals surface area contributed by atoms with Gasteiger partial charge in [0.25, 0.3) is 0 Å². The zero-order valence-electron chi connectivity index (χ0n) is 7.53. The number of nitrogens with one attached hydrogen (secondary N) is 2. The second-order valence-corrected chi connectivity index (χ2v) is 1.95. The number of hydrogen-bond acceptors (Lipinski definition) is 2. The van der Waals surface area contributed by atoms with Crippen LogP contribution in [0, 0.1) is 7.43 Å². The molecule has 0 bridgehead atoms. The summed E-state index contributed by atoms with van der Waals surface area (Å²) in [6.45, 7) is 0. The molecule has 7 heteroatoms.